The molecule has 19 heavy (non-hydrogen) atoms. The summed E-state index contributed by atoms with van der Waals surface area (Å²) in [6.07, 6.45) is 1.71. The molecule has 0 amide bonds. The zero-order chi connectivity index (χ0) is 13.2. The van der Waals surface area contributed by atoms with Gasteiger partial charge in [0.25, 0.3) is 5.88 Å². The van der Waals surface area contributed by atoms with E-state index in [4.69, 9.17) is 27.9 Å². The Bertz CT molecular complexity index is 745. The zero-order valence-electron chi connectivity index (χ0n) is 9.42. The first-order valence-electron chi connectivity index (χ1n) is 5.31. The van der Waals surface area contributed by atoms with Crippen LogP contribution in [0.25, 0.3) is 10.9 Å². The predicted molar refractivity (Wildman–Crippen MR) is 71.7 cm³/mol. The molecule has 0 aliphatic carbocycles. The molecule has 0 radical (unpaired) electrons. The maximum Gasteiger partial charge on any atom is 0.262 e. The van der Waals surface area contributed by atoms with Gasteiger partial charge in [-0.15, -0.1) is 10.2 Å². The van der Waals surface area contributed by atoms with Gasteiger partial charge in [0.15, 0.2) is 0 Å². The third kappa shape index (κ3) is 2.43. The average molecular weight is 293 g/mol. The monoisotopic (exact) mass is 292 g/mol. The van der Waals surface area contributed by atoms with E-state index in [1.54, 1.807) is 12.3 Å². The first-order valence-corrected chi connectivity index (χ1v) is 6.07. The topological polar surface area (TPSA) is 60.8 Å². The van der Waals surface area contributed by atoms with E-state index < -0.39 is 0 Å². The minimum atomic E-state index is -0.0299. The number of pyridine rings is 1. The number of hydrogen-bond donors (Lipinski definition) is 0. The van der Waals surface area contributed by atoms with Crippen LogP contribution in [0.3, 0.4) is 0 Å². The molecule has 0 aliphatic heterocycles. The molecule has 3 aromatic rings. The van der Waals surface area contributed by atoms with E-state index in [0.29, 0.717) is 5.75 Å². The molecule has 0 bridgehead atoms. The largest absolute Gasteiger partial charge is 0.436 e. The normalized spacial score (nSPS) is 10.6. The molecule has 0 fully saturated rings. The third-order valence-electron chi connectivity index (χ3n) is 2.40. The second-order valence-electron chi connectivity index (χ2n) is 3.61. The van der Waals surface area contributed by atoms with Crippen LogP contribution in [0.4, 0.5) is 0 Å². The van der Waals surface area contributed by atoms with E-state index in [-0.39, 0.29) is 16.3 Å². The first-order chi connectivity index (χ1) is 9.24. The molecule has 0 atom stereocenters. The molecule has 0 spiro atoms. The van der Waals surface area contributed by atoms with Crippen LogP contribution in [-0.2, 0) is 0 Å². The number of hydrogen-bond acceptors (Lipinski definition) is 5. The van der Waals surface area contributed by atoms with Gasteiger partial charge in [0.05, 0.1) is 5.52 Å². The molecule has 5 nitrogen and oxygen atoms in total. The molecule has 0 unspecified atom stereocenters. The Morgan fingerprint density at radius 3 is 2.79 bits per heavy atom. The second-order valence-corrected chi connectivity index (χ2v) is 4.30. The van der Waals surface area contributed by atoms with Crippen LogP contribution in [-0.4, -0.2) is 20.2 Å². The lowest BCUT2D eigenvalue weighted by molar-refractivity contribution is 0.462. The molecule has 94 valence electrons. The predicted octanol–water partition coefficient (Wildman–Crippen LogP) is 3.52. The lowest BCUT2D eigenvalue weighted by Gasteiger charge is -2.07. The molecule has 1 aromatic carbocycles. The number of rotatable bonds is 2. The highest BCUT2D eigenvalue weighted by Gasteiger charge is 2.10. The van der Waals surface area contributed by atoms with Crippen molar-refractivity contribution in [3.8, 4) is 11.6 Å². The number of benzene rings is 1. The second kappa shape index (κ2) is 4.95. The van der Waals surface area contributed by atoms with Crippen LogP contribution in [0.15, 0.2) is 36.5 Å². The highest BCUT2D eigenvalue weighted by molar-refractivity contribution is 6.31. The number of nitrogens with zero attached hydrogens (tertiary/aromatic N) is 4. The lowest BCUT2D eigenvalue weighted by Crippen LogP contribution is -1.95. The van der Waals surface area contributed by atoms with Gasteiger partial charge in [-0.3, -0.25) is 4.98 Å². The van der Waals surface area contributed by atoms with E-state index >= 15 is 0 Å². The van der Waals surface area contributed by atoms with Crippen LogP contribution in [0, 0.1) is 0 Å². The fourth-order valence-electron chi connectivity index (χ4n) is 1.61. The van der Waals surface area contributed by atoms with Crippen LogP contribution in [0.5, 0.6) is 11.6 Å². The molecule has 7 heteroatoms. The van der Waals surface area contributed by atoms with Crippen molar-refractivity contribution in [2.24, 2.45) is 0 Å². The van der Waals surface area contributed by atoms with E-state index in [9.17, 15) is 0 Å². The van der Waals surface area contributed by atoms with Gasteiger partial charge >= 0.3 is 0 Å². The Morgan fingerprint density at radius 1 is 1.00 bits per heavy atom. The van der Waals surface area contributed by atoms with E-state index in [1.807, 2.05) is 24.3 Å². The summed E-state index contributed by atoms with van der Waals surface area (Å²) in [5.41, 5.74) is 0.809. The van der Waals surface area contributed by atoms with Crippen molar-refractivity contribution in [1.82, 2.24) is 20.2 Å². The smallest absolute Gasteiger partial charge is 0.262 e. The summed E-state index contributed by atoms with van der Waals surface area (Å²) in [6, 6.07) is 9.21. The highest BCUT2D eigenvalue weighted by Crippen LogP contribution is 2.30. The molecular weight excluding hydrogens is 287 g/mol. The number of ether oxygens (including phenoxy) is 1. The van der Waals surface area contributed by atoms with Crippen molar-refractivity contribution >= 4 is 34.1 Å². The SMILES string of the molecule is Clc1nnc(Cl)c(Oc2cccc3ncccc23)n1. The molecule has 2 aromatic heterocycles. The standard InChI is InChI=1S/C12H6Cl2N4O/c13-10-11(16-12(14)18-17-10)19-9-5-1-4-8-7(9)3-2-6-15-8/h1-6H. The minimum Gasteiger partial charge on any atom is -0.436 e. The summed E-state index contributed by atoms with van der Waals surface area (Å²) in [4.78, 5) is 8.13. The zero-order valence-corrected chi connectivity index (χ0v) is 10.9. The molecule has 2 heterocycles. The Morgan fingerprint density at radius 2 is 1.89 bits per heavy atom. The van der Waals surface area contributed by atoms with Crippen molar-refractivity contribution in [2.45, 2.75) is 0 Å². The fourth-order valence-corrected chi connectivity index (χ4v) is 1.85. The quantitative estimate of drug-likeness (QED) is 0.723. The van der Waals surface area contributed by atoms with Crippen molar-refractivity contribution in [3.63, 3.8) is 0 Å². The van der Waals surface area contributed by atoms with Crippen LogP contribution < -0.4 is 4.74 Å². The first kappa shape index (κ1) is 12.1. The molecule has 0 N–H and O–H groups in total. The summed E-state index contributed by atoms with van der Waals surface area (Å²) >= 11 is 11.5. The fraction of sp³-hybridized carbons (Fsp3) is 0. The van der Waals surface area contributed by atoms with Crippen LogP contribution in [0.2, 0.25) is 10.4 Å². The molecule has 3 rings (SSSR count). The maximum atomic E-state index is 5.86. The van der Waals surface area contributed by atoms with Crippen molar-refractivity contribution in [1.29, 1.82) is 0 Å². The Balaban J connectivity index is 2.08. The van der Waals surface area contributed by atoms with Crippen LogP contribution >= 0.6 is 23.2 Å². The van der Waals surface area contributed by atoms with Gasteiger partial charge in [0.2, 0.25) is 10.4 Å². The summed E-state index contributed by atoms with van der Waals surface area (Å²) in [6.45, 7) is 0. The average Bonchev–Trinajstić information content (AvgIpc) is 2.43. The number of fused-ring (bicyclic) bond motifs is 1. The Kier molecular flexibility index (Phi) is 3.15. The Labute approximate surface area is 118 Å². The van der Waals surface area contributed by atoms with Gasteiger partial charge in [-0.05, 0) is 35.9 Å². The Hall–Kier alpha value is -1.98. The molecule has 0 saturated heterocycles. The van der Waals surface area contributed by atoms with E-state index in [1.165, 1.54) is 0 Å². The summed E-state index contributed by atoms with van der Waals surface area (Å²) < 4.78 is 5.63. The summed E-state index contributed by atoms with van der Waals surface area (Å²) in [5.74, 6) is 0.682. The van der Waals surface area contributed by atoms with Crippen molar-refractivity contribution < 1.29 is 4.74 Å². The maximum absolute atomic E-state index is 5.86. The molecular formula is C12H6Cl2N4O. The van der Waals surface area contributed by atoms with Crippen molar-refractivity contribution in [3.05, 3.63) is 47.0 Å². The van der Waals surface area contributed by atoms with Crippen LogP contribution in [0.1, 0.15) is 0 Å². The van der Waals surface area contributed by atoms with E-state index in [0.717, 1.165) is 10.9 Å². The summed E-state index contributed by atoms with van der Waals surface area (Å²) in [7, 11) is 0. The molecule has 0 saturated carbocycles. The van der Waals surface area contributed by atoms with Gasteiger partial charge in [-0.1, -0.05) is 17.7 Å². The lowest BCUT2D eigenvalue weighted by atomic mass is 10.2. The van der Waals surface area contributed by atoms with E-state index in [2.05, 4.69) is 20.2 Å². The summed E-state index contributed by atoms with van der Waals surface area (Å²) in [5, 5.41) is 8.02. The van der Waals surface area contributed by atoms with Gasteiger partial charge in [-0.25, -0.2) is 0 Å². The van der Waals surface area contributed by atoms with Gasteiger partial charge in [0, 0.05) is 11.6 Å². The number of aromatic nitrogens is 4. The van der Waals surface area contributed by atoms with Gasteiger partial charge in [-0.2, -0.15) is 4.98 Å². The molecule has 0 aliphatic rings. The highest BCUT2D eigenvalue weighted by atomic mass is 35.5. The van der Waals surface area contributed by atoms with Gasteiger partial charge in [0.1, 0.15) is 5.75 Å². The minimum absolute atomic E-state index is 0.0299. The van der Waals surface area contributed by atoms with Crippen molar-refractivity contribution in [2.75, 3.05) is 0 Å². The number of halogens is 2. The third-order valence-corrected chi connectivity index (χ3v) is 2.80. The van der Waals surface area contributed by atoms with Gasteiger partial charge < -0.3 is 4.74 Å².